The molecular weight excluding hydrogens is 160 g/mol. The Kier molecular flexibility index (Phi) is 6.92. The van der Waals surface area contributed by atoms with Crippen molar-refractivity contribution in [2.45, 2.75) is 32.2 Å². The molecule has 0 aromatic rings. The van der Waals surface area contributed by atoms with Crippen molar-refractivity contribution in [1.29, 1.82) is 0 Å². The molecule has 0 amide bonds. The first-order valence-corrected chi connectivity index (χ1v) is 5.08. The zero-order valence-electron chi connectivity index (χ0n) is 9.56. The molecule has 13 heavy (non-hydrogen) atoms. The van der Waals surface area contributed by atoms with E-state index in [0.29, 0.717) is 6.04 Å². The van der Waals surface area contributed by atoms with Gasteiger partial charge in [0.15, 0.2) is 0 Å². The van der Waals surface area contributed by atoms with E-state index in [2.05, 4.69) is 37.8 Å². The molecule has 0 saturated carbocycles. The highest BCUT2D eigenvalue weighted by atomic mass is 15.1. The Morgan fingerprint density at radius 2 is 2.08 bits per heavy atom. The summed E-state index contributed by atoms with van der Waals surface area (Å²) in [6.45, 7) is 7.34. The van der Waals surface area contributed by atoms with Crippen LogP contribution in [0.1, 0.15) is 26.2 Å². The van der Waals surface area contributed by atoms with Crippen molar-refractivity contribution in [2.24, 2.45) is 0 Å². The molecule has 0 radical (unpaired) electrons. The van der Waals surface area contributed by atoms with Crippen LogP contribution in [0.25, 0.3) is 0 Å². The molecule has 1 atom stereocenters. The highest BCUT2D eigenvalue weighted by molar-refractivity contribution is 4.96. The predicted molar refractivity (Wildman–Crippen MR) is 60.1 cm³/mol. The van der Waals surface area contributed by atoms with Crippen molar-refractivity contribution in [3.63, 3.8) is 0 Å². The van der Waals surface area contributed by atoms with Crippen LogP contribution in [0.5, 0.6) is 0 Å². The zero-order chi connectivity index (χ0) is 10.3. The van der Waals surface area contributed by atoms with Crippen LogP contribution in [-0.2, 0) is 0 Å². The molecule has 2 nitrogen and oxygen atoms in total. The summed E-state index contributed by atoms with van der Waals surface area (Å²) in [5, 5.41) is 3.34. The van der Waals surface area contributed by atoms with Gasteiger partial charge in [-0.2, -0.15) is 0 Å². The topological polar surface area (TPSA) is 15.3 Å². The van der Waals surface area contributed by atoms with Crippen LogP contribution in [0, 0.1) is 0 Å². The third kappa shape index (κ3) is 6.79. The van der Waals surface area contributed by atoms with Gasteiger partial charge in [-0.3, -0.25) is 0 Å². The minimum atomic E-state index is 0.592. The highest BCUT2D eigenvalue weighted by Crippen LogP contribution is 2.09. The normalized spacial score (nSPS) is 13.3. The van der Waals surface area contributed by atoms with E-state index in [-0.39, 0.29) is 0 Å². The van der Waals surface area contributed by atoms with Gasteiger partial charge >= 0.3 is 0 Å². The van der Waals surface area contributed by atoms with E-state index in [1.54, 1.807) is 0 Å². The van der Waals surface area contributed by atoms with E-state index >= 15 is 0 Å². The van der Waals surface area contributed by atoms with Crippen molar-refractivity contribution < 1.29 is 0 Å². The van der Waals surface area contributed by atoms with Gasteiger partial charge in [0.1, 0.15) is 0 Å². The maximum atomic E-state index is 4.03. The molecule has 0 aromatic heterocycles. The van der Waals surface area contributed by atoms with Crippen LogP contribution >= 0.6 is 0 Å². The average molecular weight is 184 g/mol. The quantitative estimate of drug-likeness (QED) is 0.608. The van der Waals surface area contributed by atoms with Crippen LogP contribution in [0.2, 0.25) is 0 Å². The minimum Gasteiger partial charge on any atom is -0.317 e. The van der Waals surface area contributed by atoms with Crippen molar-refractivity contribution in [2.75, 3.05) is 27.7 Å². The Balaban J connectivity index is 3.69. The standard InChI is InChI=1S/C11H24N2/c1-6-10(2)9-11(12-3)7-8-13(4)5/h11-12H,2,6-9H2,1,3-5H3. The molecule has 0 bridgehead atoms. The Labute approximate surface area is 83.0 Å². The fourth-order valence-electron chi connectivity index (χ4n) is 1.26. The van der Waals surface area contributed by atoms with Crippen LogP contribution in [0.4, 0.5) is 0 Å². The third-order valence-electron chi connectivity index (χ3n) is 2.37. The molecule has 0 spiro atoms. The number of nitrogens with one attached hydrogen (secondary N) is 1. The molecule has 2 heteroatoms. The fourth-order valence-corrected chi connectivity index (χ4v) is 1.26. The van der Waals surface area contributed by atoms with E-state index in [9.17, 15) is 0 Å². The van der Waals surface area contributed by atoms with Crippen LogP contribution < -0.4 is 5.32 Å². The van der Waals surface area contributed by atoms with Gasteiger partial charge < -0.3 is 10.2 Å². The highest BCUT2D eigenvalue weighted by Gasteiger charge is 2.06. The lowest BCUT2D eigenvalue weighted by Gasteiger charge is -2.19. The molecule has 0 fully saturated rings. The largest absolute Gasteiger partial charge is 0.317 e. The van der Waals surface area contributed by atoms with Crippen molar-refractivity contribution >= 4 is 0 Å². The van der Waals surface area contributed by atoms with Gasteiger partial charge in [-0.1, -0.05) is 19.1 Å². The first-order chi connectivity index (χ1) is 6.10. The molecule has 1 N–H and O–H groups in total. The number of nitrogens with zero attached hydrogens (tertiary/aromatic N) is 1. The van der Waals surface area contributed by atoms with E-state index in [4.69, 9.17) is 0 Å². The molecule has 0 aliphatic carbocycles. The Morgan fingerprint density at radius 1 is 1.46 bits per heavy atom. The molecule has 1 unspecified atom stereocenters. The molecule has 0 saturated heterocycles. The van der Waals surface area contributed by atoms with Gasteiger partial charge in [-0.05, 0) is 47.0 Å². The van der Waals surface area contributed by atoms with Gasteiger partial charge in [-0.15, -0.1) is 0 Å². The van der Waals surface area contributed by atoms with Gasteiger partial charge in [0.2, 0.25) is 0 Å². The summed E-state index contributed by atoms with van der Waals surface area (Å²) < 4.78 is 0. The smallest absolute Gasteiger partial charge is 0.0113 e. The molecule has 78 valence electrons. The van der Waals surface area contributed by atoms with E-state index in [0.717, 1.165) is 19.4 Å². The zero-order valence-corrected chi connectivity index (χ0v) is 9.56. The van der Waals surface area contributed by atoms with Crippen LogP contribution in [0.3, 0.4) is 0 Å². The second kappa shape index (κ2) is 7.10. The summed E-state index contributed by atoms with van der Waals surface area (Å²) in [4.78, 5) is 2.22. The van der Waals surface area contributed by atoms with Crippen molar-refractivity contribution in [1.82, 2.24) is 10.2 Å². The summed E-state index contributed by atoms with van der Waals surface area (Å²) in [5.74, 6) is 0. The lowest BCUT2D eigenvalue weighted by molar-refractivity contribution is 0.363. The first kappa shape index (κ1) is 12.7. The summed E-state index contributed by atoms with van der Waals surface area (Å²) in [5.41, 5.74) is 1.35. The lowest BCUT2D eigenvalue weighted by atomic mass is 10.0. The number of hydrogen-bond donors (Lipinski definition) is 1. The van der Waals surface area contributed by atoms with E-state index in [1.165, 1.54) is 12.0 Å². The summed E-state index contributed by atoms with van der Waals surface area (Å²) in [6, 6.07) is 0.592. The predicted octanol–water partition coefficient (Wildman–Crippen LogP) is 1.88. The van der Waals surface area contributed by atoms with Gasteiger partial charge in [-0.25, -0.2) is 0 Å². The molecule has 0 aromatic carbocycles. The molecule has 0 rings (SSSR count). The average Bonchev–Trinajstić information content (AvgIpc) is 2.11. The Bertz CT molecular complexity index is 141. The first-order valence-electron chi connectivity index (χ1n) is 5.08. The molecule has 0 aliphatic rings. The monoisotopic (exact) mass is 184 g/mol. The Morgan fingerprint density at radius 3 is 2.46 bits per heavy atom. The van der Waals surface area contributed by atoms with Crippen LogP contribution in [0.15, 0.2) is 12.2 Å². The van der Waals surface area contributed by atoms with E-state index in [1.807, 2.05) is 7.05 Å². The molecular formula is C11H24N2. The summed E-state index contributed by atoms with van der Waals surface area (Å²) in [6.07, 6.45) is 3.41. The SMILES string of the molecule is C=C(CC)CC(CCN(C)C)NC. The number of hydrogen-bond acceptors (Lipinski definition) is 2. The lowest BCUT2D eigenvalue weighted by Crippen LogP contribution is -2.29. The molecule has 0 aliphatic heterocycles. The molecule has 0 heterocycles. The van der Waals surface area contributed by atoms with Crippen LogP contribution in [-0.4, -0.2) is 38.6 Å². The van der Waals surface area contributed by atoms with Gasteiger partial charge in [0.25, 0.3) is 0 Å². The maximum Gasteiger partial charge on any atom is 0.0113 e. The minimum absolute atomic E-state index is 0.592. The van der Waals surface area contributed by atoms with Crippen molar-refractivity contribution in [3.05, 3.63) is 12.2 Å². The summed E-state index contributed by atoms with van der Waals surface area (Å²) >= 11 is 0. The second-order valence-electron chi connectivity index (χ2n) is 3.89. The van der Waals surface area contributed by atoms with Gasteiger partial charge in [0.05, 0.1) is 0 Å². The second-order valence-corrected chi connectivity index (χ2v) is 3.89. The number of rotatable bonds is 7. The third-order valence-corrected chi connectivity index (χ3v) is 2.37. The maximum absolute atomic E-state index is 4.03. The van der Waals surface area contributed by atoms with Gasteiger partial charge in [0, 0.05) is 6.04 Å². The van der Waals surface area contributed by atoms with Crippen molar-refractivity contribution in [3.8, 4) is 0 Å². The summed E-state index contributed by atoms with van der Waals surface area (Å²) in [7, 11) is 6.26. The fraction of sp³-hybridized carbons (Fsp3) is 0.818. The Hall–Kier alpha value is -0.340. The van der Waals surface area contributed by atoms with E-state index < -0.39 is 0 Å².